The molecule has 2 aromatic heterocycles. The van der Waals surface area contributed by atoms with Crippen LogP contribution >= 0.6 is 11.6 Å². The van der Waals surface area contributed by atoms with Crippen molar-refractivity contribution in [1.29, 1.82) is 0 Å². The van der Waals surface area contributed by atoms with E-state index in [9.17, 15) is 4.79 Å². The molecule has 1 amide bonds. The highest BCUT2D eigenvalue weighted by atomic mass is 35.5. The molecule has 3 heterocycles. The standard InChI is InChI=1S/C21H23ClN2O3/c1-13-5-7-19(26-13)17(24-9-3-4-10-24)12-23-21(25)20-14(2)16-11-15(22)6-8-18(16)27-20/h5-8,11,17H,3-4,9-10,12H2,1-2H3,(H,23,25)/t17-/m0/s1. The third kappa shape index (κ3) is 3.62. The molecule has 1 fully saturated rings. The molecule has 3 aromatic rings. The fourth-order valence-corrected chi connectivity index (χ4v) is 3.95. The van der Waals surface area contributed by atoms with Crippen molar-refractivity contribution >= 4 is 28.5 Å². The van der Waals surface area contributed by atoms with Crippen molar-refractivity contribution < 1.29 is 13.6 Å². The van der Waals surface area contributed by atoms with Gasteiger partial charge in [0.05, 0.1) is 6.04 Å². The maximum atomic E-state index is 12.8. The van der Waals surface area contributed by atoms with Gasteiger partial charge in [-0.1, -0.05) is 11.6 Å². The molecule has 5 nitrogen and oxygen atoms in total. The Hall–Kier alpha value is -2.24. The number of halogens is 1. The molecule has 1 N–H and O–H groups in total. The molecule has 4 rings (SSSR count). The van der Waals surface area contributed by atoms with E-state index in [1.807, 2.05) is 32.0 Å². The van der Waals surface area contributed by atoms with E-state index >= 15 is 0 Å². The number of furan rings is 2. The summed E-state index contributed by atoms with van der Waals surface area (Å²) in [6.07, 6.45) is 2.35. The van der Waals surface area contributed by atoms with Crippen LogP contribution in [0.25, 0.3) is 11.0 Å². The molecule has 1 saturated heterocycles. The second-order valence-electron chi connectivity index (χ2n) is 7.11. The highest BCUT2D eigenvalue weighted by Gasteiger charge is 2.27. The first-order chi connectivity index (χ1) is 13.0. The van der Waals surface area contributed by atoms with Gasteiger partial charge >= 0.3 is 0 Å². The summed E-state index contributed by atoms with van der Waals surface area (Å²) >= 11 is 6.07. The predicted octanol–water partition coefficient (Wildman–Crippen LogP) is 4.86. The van der Waals surface area contributed by atoms with Gasteiger partial charge in [-0.15, -0.1) is 0 Å². The summed E-state index contributed by atoms with van der Waals surface area (Å²) in [5.41, 5.74) is 1.47. The second-order valence-corrected chi connectivity index (χ2v) is 7.55. The minimum Gasteiger partial charge on any atom is -0.465 e. The van der Waals surface area contributed by atoms with E-state index in [4.69, 9.17) is 20.4 Å². The van der Waals surface area contributed by atoms with Gasteiger partial charge in [0, 0.05) is 22.5 Å². The van der Waals surface area contributed by atoms with Gasteiger partial charge in [0.1, 0.15) is 17.1 Å². The molecule has 0 spiro atoms. The van der Waals surface area contributed by atoms with Crippen LogP contribution in [0.2, 0.25) is 5.02 Å². The first-order valence-electron chi connectivity index (χ1n) is 9.30. The lowest BCUT2D eigenvalue weighted by atomic mass is 10.1. The average Bonchev–Trinajstić information content (AvgIpc) is 3.38. The van der Waals surface area contributed by atoms with Crippen molar-refractivity contribution in [2.24, 2.45) is 0 Å². The number of carbonyl (C=O) groups is 1. The summed E-state index contributed by atoms with van der Waals surface area (Å²) in [6, 6.07) is 9.37. The lowest BCUT2D eigenvalue weighted by molar-refractivity contribution is 0.0907. The second kappa shape index (κ2) is 7.41. The summed E-state index contributed by atoms with van der Waals surface area (Å²) in [6.45, 7) is 6.32. The van der Waals surface area contributed by atoms with Crippen molar-refractivity contribution in [1.82, 2.24) is 10.2 Å². The van der Waals surface area contributed by atoms with Gasteiger partial charge in [0.25, 0.3) is 5.91 Å². The fourth-order valence-electron chi connectivity index (χ4n) is 3.77. The van der Waals surface area contributed by atoms with E-state index in [2.05, 4.69) is 10.2 Å². The smallest absolute Gasteiger partial charge is 0.287 e. The molecule has 1 atom stereocenters. The number of hydrogen-bond donors (Lipinski definition) is 1. The van der Waals surface area contributed by atoms with E-state index < -0.39 is 0 Å². The molecule has 0 aliphatic carbocycles. The Morgan fingerprint density at radius 2 is 1.96 bits per heavy atom. The van der Waals surface area contributed by atoms with Crippen molar-refractivity contribution in [2.75, 3.05) is 19.6 Å². The van der Waals surface area contributed by atoms with E-state index in [1.54, 1.807) is 12.1 Å². The van der Waals surface area contributed by atoms with Crippen molar-refractivity contribution in [3.05, 3.63) is 58.2 Å². The first kappa shape index (κ1) is 18.1. The monoisotopic (exact) mass is 386 g/mol. The number of amides is 1. The summed E-state index contributed by atoms with van der Waals surface area (Å²) in [7, 11) is 0. The summed E-state index contributed by atoms with van der Waals surface area (Å²) < 4.78 is 11.6. The largest absolute Gasteiger partial charge is 0.465 e. The van der Waals surface area contributed by atoms with Gasteiger partial charge in [-0.3, -0.25) is 9.69 Å². The molecular weight excluding hydrogens is 364 g/mol. The van der Waals surface area contributed by atoms with Gasteiger partial charge in [-0.05, 0) is 70.1 Å². The molecular formula is C21H23ClN2O3. The Labute approximate surface area is 163 Å². The summed E-state index contributed by atoms with van der Waals surface area (Å²) in [5.74, 6) is 1.89. The number of carbonyl (C=O) groups excluding carboxylic acids is 1. The fraction of sp³-hybridized carbons (Fsp3) is 0.381. The summed E-state index contributed by atoms with van der Waals surface area (Å²) in [5, 5.41) is 4.52. The van der Waals surface area contributed by atoms with Crippen LogP contribution in [0.3, 0.4) is 0 Å². The van der Waals surface area contributed by atoms with Crippen LogP contribution < -0.4 is 5.32 Å². The van der Waals surface area contributed by atoms with Crippen LogP contribution in [0, 0.1) is 13.8 Å². The highest BCUT2D eigenvalue weighted by molar-refractivity contribution is 6.31. The number of aryl methyl sites for hydroxylation is 2. The molecule has 1 aliphatic rings. The van der Waals surface area contributed by atoms with E-state index in [-0.39, 0.29) is 11.9 Å². The van der Waals surface area contributed by atoms with E-state index in [1.165, 1.54) is 12.8 Å². The Morgan fingerprint density at radius 3 is 2.67 bits per heavy atom. The van der Waals surface area contributed by atoms with Crippen LogP contribution in [-0.2, 0) is 0 Å². The van der Waals surface area contributed by atoms with Crippen molar-refractivity contribution in [3.63, 3.8) is 0 Å². The molecule has 142 valence electrons. The van der Waals surface area contributed by atoms with Crippen LogP contribution in [-0.4, -0.2) is 30.4 Å². The SMILES string of the molecule is Cc1ccc([C@H](CNC(=O)c2oc3ccc(Cl)cc3c2C)N2CCCC2)o1. The number of likely N-dealkylation sites (tertiary alicyclic amines) is 1. The van der Waals surface area contributed by atoms with Gasteiger partial charge in [-0.2, -0.15) is 0 Å². The number of fused-ring (bicyclic) bond motifs is 1. The lowest BCUT2D eigenvalue weighted by Gasteiger charge is -2.25. The predicted molar refractivity (Wildman–Crippen MR) is 105 cm³/mol. The molecule has 0 saturated carbocycles. The Kier molecular flexibility index (Phi) is 4.98. The zero-order valence-corrected chi connectivity index (χ0v) is 16.3. The Balaban J connectivity index is 1.53. The molecule has 1 aromatic carbocycles. The van der Waals surface area contributed by atoms with Crippen LogP contribution in [0.4, 0.5) is 0 Å². The van der Waals surface area contributed by atoms with E-state index in [0.29, 0.717) is 22.9 Å². The lowest BCUT2D eigenvalue weighted by Crippen LogP contribution is -2.36. The zero-order chi connectivity index (χ0) is 19.0. The molecule has 27 heavy (non-hydrogen) atoms. The average molecular weight is 387 g/mol. The summed E-state index contributed by atoms with van der Waals surface area (Å²) in [4.78, 5) is 15.2. The number of nitrogens with zero attached hydrogens (tertiary/aromatic N) is 1. The Morgan fingerprint density at radius 1 is 1.19 bits per heavy atom. The topological polar surface area (TPSA) is 58.6 Å². The number of benzene rings is 1. The van der Waals surface area contributed by atoms with E-state index in [0.717, 1.165) is 35.6 Å². The quantitative estimate of drug-likeness (QED) is 0.680. The Bertz CT molecular complexity index is 969. The third-order valence-electron chi connectivity index (χ3n) is 5.23. The van der Waals surface area contributed by atoms with Crippen LogP contribution in [0.5, 0.6) is 0 Å². The maximum absolute atomic E-state index is 12.8. The van der Waals surface area contributed by atoms with Gasteiger partial charge in [0.15, 0.2) is 5.76 Å². The van der Waals surface area contributed by atoms with Crippen LogP contribution in [0.15, 0.2) is 39.2 Å². The highest BCUT2D eigenvalue weighted by Crippen LogP contribution is 2.29. The minimum absolute atomic E-state index is 0.0317. The first-order valence-corrected chi connectivity index (χ1v) is 9.68. The maximum Gasteiger partial charge on any atom is 0.287 e. The zero-order valence-electron chi connectivity index (χ0n) is 15.5. The number of hydrogen-bond acceptors (Lipinski definition) is 4. The molecule has 1 aliphatic heterocycles. The van der Waals surface area contributed by atoms with Gasteiger partial charge in [0.2, 0.25) is 0 Å². The number of rotatable bonds is 5. The number of nitrogens with one attached hydrogen (secondary N) is 1. The van der Waals surface area contributed by atoms with Gasteiger partial charge < -0.3 is 14.2 Å². The third-order valence-corrected chi connectivity index (χ3v) is 5.47. The molecule has 6 heteroatoms. The minimum atomic E-state index is -0.215. The molecule has 0 radical (unpaired) electrons. The van der Waals surface area contributed by atoms with Gasteiger partial charge in [-0.25, -0.2) is 0 Å². The molecule has 0 unspecified atom stereocenters. The normalized spacial score (nSPS) is 16.1. The van der Waals surface area contributed by atoms with Crippen molar-refractivity contribution in [3.8, 4) is 0 Å². The molecule has 0 bridgehead atoms. The van der Waals surface area contributed by atoms with Crippen LogP contribution in [0.1, 0.15) is 46.5 Å². The van der Waals surface area contributed by atoms with Crippen molar-refractivity contribution in [2.45, 2.75) is 32.7 Å².